The van der Waals surface area contributed by atoms with E-state index >= 15 is 4.39 Å². The van der Waals surface area contributed by atoms with Crippen molar-refractivity contribution in [3.05, 3.63) is 58.8 Å². The molecule has 5 rings (SSSR count). The minimum atomic E-state index is -0.784. The van der Waals surface area contributed by atoms with Gasteiger partial charge in [0.2, 0.25) is 11.8 Å². The van der Waals surface area contributed by atoms with Crippen molar-refractivity contribution < 1.29 is 27.6 Å². The Labute approximate surface area is 197 Å². The number of piperidine rings is 1. The van der Waals surface area contributed by atoms with Crippen molar-refractivity contribution in [2.75, 3.05) is 23.3 Å². The predicted octanol–water partition coefficient (Wildman–Crippen LogP) is 3.89. The van der Waals surface area contributed by atoms with E-state index in [1.165, 1.54) is 24.5 Å². The van der Waals surface area contributed by atoms with E-state index < -0.39 is 29.5 Å². The highest BCUT2D eigenvalue weighted by atomic mass is 35.5. The van der Waals surface area contributed by atoms with E-state index in [1.807, 2.05) is 4.90 Å². The highest BCUT2D eigenvalue weighted by molar-refractivity contribution is 6.30. The van der Waals surface area contributed by atoms with E-state index in [-0.39, 0.29) is 41.1 Å². The van der Waals surface area contributed by atoms with Crippen LogP contribution in [-0.4, -0.2) is 37.0 Å². The van der Waals surface area contributed by atoms with Crippen LogP contribution in [0.4, 0.5) is 25.0 Å². The van der Waals surface area contributed by atoms with E-state index in [0.717, 1.165) is 6.07 Å². The van der Waals surface area contributed by atoms with Gasteiger partial charge < -0.3 is 20.0 Å². The van der Waals surface area contributed by atoms with Crippen LogP contribution in [0.1, 0.15) is 24.3 Å². The molecule has 34 heavy (non-hydrogen) atoms. The van der Waals surface area contributed by atoms with Gasteiger partial charge in [0.15, 0.2) is 5.58 Å². The molecule has 3 N–H and O–H groups in total. The Balaban J connectivity index is 1.29. The molecule has 0 spiro atoms. The highest BCUT2D eigenvalue weighted by Crippen LogP contribution is 2.39. The van der Waals surface area contributed by atoms with Crippen LogP contribution >= 0.6 is 11.6 Å². The van der Waals surface area contributed by atoms with Gasteiger partial charge in [-0.1, -0.05) is 11.6 Å². The topological polar surface area (TPSA) is 104 Å². The number of benzene rings is 2. The van der Waals surface area contributed by atoms with Crippen molar-refractivity contribution in [2.45, 2.75) is 24.8 Å². The number of furan rings is 1. The number of carbonyl (C=O) groups is 3. The van der Waals surface area contributed by atoms with E-state index in [0.29, 0.717) is 29.7 Å². The van der Waals surface area contributed by atoms with Gasteiger partial charge in [-0.25, -0.2) is 13.6 Å². The Hall–Kier alpha value is -3.66. The summed E-state index contributed by atoms with van der Waals surface area (Å²) in [6, 6.07) is 5.91. The van der Waals surface area contributed by atoms with Crippen LogP contribution in [0.25, 0.3) is 11.0 Å². The maximum Gasteiger partial charge on any atom is 0.319 e. The molecule has 0 saturated carbocycles. The van der Waals surface area contributed by atoms with Crippen LogP contribution in [-0.2, 0) is 9.59 Å². The van der Waals surface area contributed by atoms with Gasteiger partial charge in [-0.2, -0.15) is 0 Å². The fraction of sp³-hybridized carbons (Fsp3) is 0.261. The number of amides is 4. The number of urea groups is 1. The van der Waals surface area contributed by atoms with Crippen LogP contribution in [0.5, 0.6) is 0 Å². The Morgan fingerprint density at radius 3 is 2.71 bits per heavy atom. The molecule has 0 unspecified atom stereocenters. The first-order chi connectivity index (χ1) is 16.3. The average molecular weight is 489 g/mol. The van der Waals surface area contributed by atoms with Crippen molar-refractivity contribution in [2.24, 2.45) is 0 Å². The molecule has 2 aliphatic rings. The second-order valence-electron chi connectivity index (χ2n) is 8.28. The number of halogens is 3. The third-order valence-corrected chi connectivity index (χ3v) is 6.27. The first kappa shape index (κ1) is 22.1. The molecule has 2 aliphatic heterocycles. The molecule has 2 saturated heterocycles. The Morgan fingerprint density at radius 1 is 1.15 bits per heavy atom. The molecular weight excluding hydrogens is 470 g/mol. The number of hydrogen-bond acceptors (Lipinski definition) is 5. The molecule has 176 valence electrons. The lowest BCUT2D eigenvalue weighted by molar-refractivity contribution is -0.134. The van der Waals surface area contributed by atoms with Crippen LogP contribution in [0, 0.1) is 11.6 Å². The molecule has 4 amide bonds. The molecular formula is C23H19ClF2N4O4. The Kier molecular flexibility index (Phi) is 5.60. The van der Waals surface area contributed by atoms with Crippen LogP contribution in [0.3, 0.4) is 0 Å². The van der Waals surface area contributed by atoms with Crippen molar-refractivity contribution in [3.8, 4) is 0 Å². The summed E-state index contributed by atoms with van der Waals surface area (Å²) in [5, 5.41) is 8.17. The van der Waals surface area contributed by atoms with Crippen LogP contribution in [0.15, 0.2) is 41.0 Å². The lowest BCUT2D eigenvalue weighted by Gasteiger charge is -2.41. The molecule has 3 aromatic rings. The van der Waals surface area contributed by atoms with Crippen molar-refractivity contribution >= 4 is 51.8 Å². The lowest BCUT2D eigenvalue weighted by Crippen LogP contribution is -2.60. The van der Waals surface area contributed by atoms with Gasteiger partial charge in [0, 0.05) is 41.5 Å². The van der Waals surface area contributed by atoms with Gasteiger partial charge in [-0.15, -0.1) is 0 Å². The number of rotatable bonds is 4. The number of nitrogens with zero attached hydrogens (tertiary/aromatic N) is 1. The van der Waals surface area contributed by atoms with Crippen molar-refractivity contribution in [1.29, 1.82) is 0 Å². The van der Waals surface area contributed by atoms with E-state index in [1.54, 1.807) is 6.07 Å². The van der Waals surface area contributed by atoms with E-state index in [4.69, 9.17) is 16.0 Å². The minimum Gasteiger partial charge on any atom is -0.462 e. The average Bonchev–Trinajstić information content (AvgIpc) is 3.23. The van der Waals surface area contributed by atoms with Gasteiger partial charge in [0.05, 0.1) is 29.6 Å². The van der Waals surface area contributed by atoms with E-state index in [2.05, 4.69) is 16.0 Å². The minimum absolute atomic E-state index is 0.0374. The molecule has 1 aromatic heterocycles. The van der Waals surface area contributed by atoms with Crippen molar-refractivity contribution in [1.82, 2.24) is 10.6 Å². The van der Waals surface area contributed by atoms with E-state index in [9.17, 15) is 18.8 Å². The molecule has 0 bridgehead atoms. The third-order valence-electron chi connectivity index (χ3n) is 6.03. The normalized spacial score (nSPS) is 18.6. The smallest absolute Gasteiger partial charge is 0.319 e. The first-order valence-corrected chi connectivity index (χ1v) is 11.0. The quantitative estimate of drug-likeness (QED) is 0.483. The third kappa shape index (κ3) is 4.05. The summed E-state index contributed by atoms with van der Waals surface area (Å²) in [5.41, 5.74) is 1.08. The molecule has 0 radical (unpaired) electrons. The molecule has 8 nitrogen and oxygen atoms in total. The van der Waals surface area contributed by atoms with Crippen molar-refractivity contribution in [3.63, 3.8) is 0 Å². The lowest BCUT2D eigenvalue weighted by atomic mass is 9.87. The molecule has 11 heteroatoms. The summed E-state index contributed by atoms with van der Waals surface area (Å²) in [5.74, 6) is -2.86. The van der Waals surface area contributed by atoms with Crippen LogP contribution in [0.2, 0.25) is 5.02 Å². The summed E-state index contributed by atoms with van der Waals surface area (Å²) in [6.45, 7) is 0.747. The summed E-state index contributed by atoms with van der Waals surface area (Å²) < 4.78 is 34.6. The first-order valence-electron chi connectivity index (χ1n) is 10.6. The molecule has 2 aromatic carbocycles. The largest absolute Gasteiger partial charge is 0.462 e. The number of hydrogen-bond donors (Lipinski definition) is 3. The number of nitrogens with one attached hydrogen (secondary N) is 3. The number of anilines is 2. The number of imide groups is 1. The van der Waals surface area contributed by atoms with Gasteiger partial charge in [0.25, 0.3) is 0 Å². The maximum atomic E-state index is 15.2. The number of carbonyl (C=O) groups excluding carboxylic acids is 3. The fourth-order valence-corrected chi connectivity index (χ4v) is 4.55. The second kappa shape index (κ2) is 8.60. The molecule has 1 atom stereocenters. The van der Waals surface area contributed by atoms with Gasteiger partial charge in [-0.3, -0.25) is 14.9 Å². The maximum absolute atomic E-state index is 15.2. The van der Waals surface area contributed by atoms with Gasteiger partial charge in [-0.05, 0) is 30.7 Å². The zero-order valence-corrected chi connectivity index (χ0v) is 18.4. The number of fused-ring (bicyclic) bond motifs is 1. The Morgan fingerprint density at radius 2 is 1.94 bits per heavy atom. The summed E-state index contributed by atoms with van der Waals surface area (Å²) >= 11 is 5.84. The standard InChI is InChI=1S/C23H19ClF2N4O4/c24-11-1-3-15(25)17(7-11)28-23(33)27-12-9-30(10-12)18-8-16(26)20(13-5-6-34-21(13)18)14-2-4-19(31)29-22(14)32/h1,3,5-8,12,14H,2,4,9-10H2,(H2,27,28,33)(H,29,31,32)/t14-/m1/s1. The highest BCUT2D eigenvalue weighted by Gasteiger charge is 2.35. The fourth-order valence-electron chi connectivity index (χ4n) is 4.37. The molecule has 3 heterocycles. The zero-order chi connectivity index (χ0) is 24.0. The SMILES string of the molecule is O=C1CC[C@H](c2c(F)cc(N3CC(NC(=O)Nc4cc(Cl)ccc4F)C3)c3occc23)C(=O)N1. The zero-order valence-electron chi connectivity index (χ0n) is 17.7. The monoisotopic (exact) mass is 488 g/mol. The predicted molar refractivity (Wildman–Crippen MR) is 121 cm³/mol. The molecule has 2 fully saturated rings. The Bertz CT molecular complexity index is 1320. The van der Waals surface area contributed by atoms with Crippen LogP contribution < -0.4 is 20.9 Å². The summed E-state index contributed by atoms with van der Waals surface area (Å²) in [7, 11) is 0. The van der Waals surface area contributed by atoms with Gasteiger partial charge in [0.1, 0.15) is 11.6 Å². The molecule has 0 aliphatic carbocycles. The summed E-state index contributed by atoms with van der Waals surface area (Å²) in [4.78, 5) is 37.8. The van der Waals surface area contributed by atoms with Gasteiger partial charge >= 0.3 is 6.03 Å². The second-order valence-corrected chi connectivity index (χ2v) is 8.72. The summed E-state index contributed by atoms with van der Waals surface area (Å²) in [6.07, 6.45) is 1.78.